The van der Waals surface area contributed by atoms with Crippen LogP contribution in [0.5, 0.6) is 5.88 Å². The summed E-state index contributed by atoms with van der Waals surface area (Å²) in [6.45, 7) is 9.22. The first kappa shape index (κ1) is 14.7. The Kier molecular flexibility index (Phi) is 5.38. The van der Waals surface area contributed by atoms with E-state index >= 15 is 0 Å². The Morgan fingerprint density at radius 3 is 2.39 bits per heavy atom. The summed E-state index contributed by atoms with van der Waals surface area (Å²) in [6, 6.07) is 1.19. The van der Waals surface area contributed by atoms with Gasteiger partial charge in [-0.15, -0.1) is 0 Å². The van der Waals surface area contributed by atoms with Gasteiger partial charge in [0.25, 0.3) is 5.56 Å². The molecule has 4 nitrogen and oxygen atoms in total. The molecular weight excluding hydrogens is 228 g/mol. The van der Waals surface area contributed by atoms with Crippen LogP contribution < -0.4 is 5.56 Å². The summed E-state index contributed by atoms with van der Waals surface area (Å²) in [4.78, 5) is 16.0. The Morgan fingerprint density at radius 1 is 1.22 bits per heavy atom. The lowest BCUT2D eigenvalue weighted by atomic mass is 10.1. The predicted octanol–water partition coefficient (Wildman–Crippen LogP) is 2.58. The molecule has 1 rings (SSSR count). The zero-order valence-corrected chi connectivity index (χ0v) is 11.8. The van der Waals surface area contributed by atoms with Gasteiger partial charge in [-0.1, -0.05) is 27.7 Å². The molecule has 0 saturated carbocycles. The summed E-state index contributed by atoms with van der Waals surface area (Å²) in [7, 11) is 0. The molecule has 0 unspecified atom stereocenters. The van der Waals surface area contributed by atoms with Crippen LogP contribution in [-0.2, 0) is 13.0 Å². The number of aryl methyl sites for hydroxylation is 1. The molecule has 4 heteroatoms. The molecule has 102 valence electrons. The van der Waals surface area contributed by atoms with E-state index in [-0.39, 0.29) is 11.4 Å². The quantitative estimate of drug-likeness (QED) is 0.846. The third kappa shape index (κ3) is 4.51. The van der Waals surface area contributed by atoms with Gasteiger partial charge < -0.3 is 5.11 Å². The van der Waals surface area contributed by atoms with Crippen molar-refractivity contribution in [3.63, 3.8) is 0 Å². The van der Waals surface area contributed by atoms with Crippen molar-refractivity contribution in [2.75, 3.05) is 0 Å². The van der Waals surface area contributed by atoms with Gasteiger partial charge in [-0.2, -0.15) is 0 Å². The molecule has 0 aliphatic rings. The van der Waals surface area contributed by atoms with Crippen molar-refractivity contribution < 1.29 is 5.11 Å². The Balaban J connectivity index is 2.93. The van der Waals surface area contributed by atoms with Crippen LogP contribution in [0.3, 0.4) is 0 Å². The molecule has 1 aromatic heterocycles. The Morgan fingerprint density at radius 2 is 1.83 bits per heavy atom. The van der Waals surface area contributed by atoms with Gasteiger partial charge in [-0.05, 0) is 24.7 Å². The normalized spacial score (nSPS) is 11.4. The van der Waals surface area contributed by atoms with Gasteiger partial charge in [0, 0.05) is 13.0 Å². The van der Waals surface area contributed by atoms with E-state index < -0.39 is 0 Å². The van der Waals surface area contributed by atoms with Crippen LogP contribution >= 0.6 is 0 Å². The largest absolute Gasteiger partial charge is 0.493 e. The fourth-order valence-corrected chi connectivity index (χ4v) is 1.78. The summed E-state index contributed by atoms with van der Waals surface area (Å²) in [6.07, 6.45) is 2.65. The summed E-state index contributed by atoms with van der Waals surface area (Å²) in [5.74, 6) is 1.64. The Hall–Kier alpha value is -1.32. The number of rotatable bonds is 6. The van der Waals surface area contributed by atoms with Crippen molar-refractivity contribution in [2.45, 2.75) is 53.5 Å². The van der Waals surface area contributed by atoms with Crippen molar-refractivity contribution >= 4 is 0 Å². The van der Waals surface area contributed by atoms with Crippen LogP contribution in [0.2, 0.25) is 0 Å². The van der Waals surface area contributed by atoms with E-state index in [0.717, 1.165) is 19.3 Å². The molecule has 18 heavy (non-hydrogen) atoms. The van der Waals surface area contributed by atoms with E-state index in [4.69, 9.17) is 0 Å². The van der Waals surface area contributed by atoms with E-state index in [1.807, 2.05) is 0 Å². The van der Waals surface area contributed by atoms with Gasteiger partial charge in [0.05, 0.1) is 6.07 Å². The van der Waals surface area contributed by atoms with Gasteiger partial charge >= 0.3 is 0 Å². The summed E-state index contributed by atoms with van der Waals surface area (Å²) in [5.41, 5.74) is -0.151. The molecule has 0 atom stereocenters. The molecule has 0 fully saturated rings. The number of aromatic hydroxyl groups is 1. The van der Waals surface area contributed by atoms with E-state index in [0.29, 0.717) is 24.2 Å². The SMILES string of the molecule is CC(C)CCc1nc(O)cc(=O)n1CCC(C)C. The molecule has 0 saturated heterocycles. The fraction of sp³-hybridized carbons (Fsp3) is 0.714. The zero-order valence-electron chi connectivity index (χ0n) is 11.8. The van der Waals surface area contributed by atoms with Crippen LogP contribution in [0.1, 0.15) is 46.4 Å². The second-order valence-electron chi connectivity index (χ2n) is 5.64. The molecule has 0 aromatic carbocycles. The number of hydrogen-bond donors (Lipinski definition) is 1. The third-order valence-electron chi connectivity index (χ3n) is 2.95. The van der Waals surface area contributed by atoms with Crippen LogP contribution in [0.25, 0.3) is 0 Å². The van der Waals surface area contributed by atoms with Crippen LogP contribution in [0.4, 0.5) is 0 Å². The van der Waals surface area contributed by atoms with Crippen LogP contribution in [-0.4, -0.2) is 14.7 Å². The highest BCUT2D eigenvalue weighted by Gasteiger charge is 2.09. The lowest BCUT2D eigenvalue weighted by molar-refractivity contribution is 0.426. The minimum atomic E-state index is -0.167. The van der Waals surface area contributed by atoms with E-state index in [9.17, 15) is 9.90 Å². The van der Waals surface area contributed by atoms with Crippen LogP contribution in [0.15, 0.2) is 10.9 Å². The van der Waals surface area contributed by atoms with Gasteiger partial charge in [0.1, 0.15) is 5.82 Å². The second-order valence-corrected chi connectivity index (χ2v) is 5.64. The van der Waals surface area contributed by atoms with Gasteiger partial charge in [-0.3, -0.25) is 9.36 Å². The molecule has 0 spiro atoms. The molecule has 0 aliphatic carbocycles. The first-order valence-electron chi connectivity index (χ1n) is 6.70. The topological polar surface area (TPSA) is 55.1 Å². The zero-order chi connectivity index (χ0) is 13.7. The maximum absolute atomic E-state index is 11.9. The molecule has 0 amide bonds. The lowest BCUT2D eigenvalue weighted by Gasteiger charge is -2.14. The highest BCUT2D eigenvalue weighted by Crippen LogP contribution is 2.10. The fourth-order valence-electron chi connectivity index (χ4n) is 1.78. The van der Waals surface area contributed by atoms with Crippen LogP contribution in [0, 0.1) is 11.8 Å². The number of nitrogens with zero attached hydrogens (tertiary/aromatic N) is 2. The predicted molar refractivity (Wildman–Crippen MR) is 72.8 cm³/mol. The Labute approximate surface area is 109 Å². The van der Waals surface area contributed by atoms with Gasteiger partial charge in [-0.25, -0.2) is 4.98 Å². The number of hydrogen-bond acceptors (Lipinski definition) is 3. The van der Waals surface area contributed by atoms with Crippen molar-refractivity contribution in [3.05, 3.63) is 22.2 Å². The first-order chi connectivity index (χ1) is 8.40. The minimum Gasteiger partial charge on any atom is -0.493 e. The lowest BCUT2D eigenvalue weighted by Crippen LogP contribution is -2.25. The van der Waals surface area contributed by atoms with Crippen molar-refractivity contribution in [2.24, 2.45) is 11.8 Å². The number of aromatic nitrogens is 2. The van der Waals surface area contributed by atoms with Gasteiger partial charge in [0.2, 0.25) is 5.88 Å². The summed E-state index contributed by atoms with van der Waals surface area (Å²) >= 11 is 0. The Bertz CT molecular complexity index is 436. The highest BCUT2D eigenvalue weighted by atomic mass is 16.3. The maximum Gasteiger partial charge on any atom is 0.257 e. The van der Waals surface area contributed by atoms with E-state index in [2.05, 4.69) is 32.7 Å². The standard InChI is InChI=1S/C14H24N2O2/c1-10(2)5-6-12-15-13(17)9-14(18)16(12)8-7-11(3)4/h9-11,17H,5-8H2,1-4H3. The molecule has 1 aromatic rings. The molecule has 0 aliphatic heterocycles. The monoisotopic (exact) mass is 252 g/mol. The van der Waals surface area contributed by atoms with Crippen molar-refractivity contribution in [3.8, 4) is 5.88 Å². The molecule has 1 heterocycles. The summed E-state index contributed by atoms with van der Waals surface area (Å²) < 4.78 is 1.70. The first-order valence-corrected chi connectivity index (χ1v) is 6.70. The molecule has 0 radical (unpaired) electrons. The molecule has 1 N–H and O–H groups in total. The average Bonchev–Trinajstić information content (AvgIpc) is 2.24. The van der Waals surface area contributed by atoms with E-state index in [1.165, 1.54) is 6.07 Å². The third-order valence-corrected chi connectivity index (χ3v) is 2.95. The van der Waals surface area contributed by atoms with E-state index in [1.54, 1.807) is 4.57 Å². The maximum atomic E-state index is 11.9. The highest BCUT2D eigenvalue weighted by molar-refractivity contribution is 5.08. The summed E-state index contributed by atoms with van der Waals surface area (Å²) in [5, 5.41) is 9.44. The van der Waals surface area contributed by atoms with Crippen molar-refractivity contribution in [1.29, 1.82) is 0 Å². The molecule has 0 bridgehead atoms. The smallest absolute Gasteiger partial charge is 0.257 e. The average molecular weight is 252 g/mol. The second kappa shape index (κ2) is 6.57. The van der Waals surface area contributed by atoms with Gasteiger partial charge in [0.15, 0.2) is 0 Å². The minimum absolute atomic E-state index is 0.151. The molecular formula is C14H24N2O2. The van der Waals surface area contributed by atoms with Crippen molar-refractivity contribution in [1.82, 2.24) is 9.55 Å².